The van der Waals surface area contributed by atoms with Crippen LogP contribution >= 0.6 is 0 Å². The molecule has 25 heavy (non-hydrogen) atoms. The Morgan fingerprint density at radius 2 is 1.68 bits per heavy atom. The van der Waals surface area contributed by atoms with Gasteiger partial charge in [0.15, 0.2) is 6.61 Å². The molecule has 4 nitrogen and oxygen atoms in total. The Morgan fingerprint density at radius 3 is 2.40 bits per heavy atom. The van der Waals surface area contributed by atoms with Gasteiger partial charge in [0, 0.05) is 22.8 Å². The highest BCUT2D eigenvalue weighted by molar-refractivity contribution is 5.92. The van der Waals surface area contributed by atoms with Crippen LogP contribution in [0.2, 0.25) is 0 Å². The number of pyridine rings is 1. The van der Waals surface area contributed by atoms with Crippen molar-refractivity contribution >= 4 is 22.5 Å². The predicted octanol–water partition coefficient (Wildman–Crippen LogP) is 4.49. The van der Waals surface area contributed by atoms with E-state index in [0.717, 1.165) is 39.0 Å². The third kappa shape index (κ3) is 4.15. The van der Waals surface area contributed by atoms with Gasteiger partial charge in [-0.2, -0.15) is 0 Å². The molecule has 1 aromatic heterocycles. The molecule has 4 heteroatoms. The number of aryl methyl sites for hydroxylation is 4. The van der Waals surface area contributed by atoms with E-state index in [1.807, 2.05) is 64.1 Å². The summed E-state index contributed by atoms with van der Waals surface area (Å²) in [5.74, 6) is 0.502. The SMILES string of the molecule is Cc1cc(C)cc(NC(=O)COc2cc(C)nc3ccc(C)cc23)c1. The maximum atomic E-state index is 12.2. The fraction of sp³-hybridized carbons (Fsp3) is 0.238. The Kier molecular flexibility index (Phi) is 4.70. The molecule has 0 spiro atoms. The van der Waals surface area contributed by atoms with Crippen molar-refractivity contribution in [1.82, 2.24) is 4.98 Å². The second kappa shape index (κ2) is 6.93. The molecule has 1 N–H and O–H groups in total. The largest absolute Gasteiger partial charge is 0.483 e. The minimum atomic E-state index is -0.180. The summed E-state index contributed by atoms with van der Waals surface area (Å²) in [7, 11) is 0. The molecular weight excluding hydrogens is 312 g/mol. The maximum Gasteiger partial charge on any atom is 0.262 e. The van der Waals surface area contributed by atoms with E-state index in [0.29, 0.717) is 5.75 Å². The third-order valence-electron chi connectivity index (χ3n) is 3.92. The van der Waals surface area contributed by atoms with E-state index < -0.39 is 0 Å². The first-order valence-corrected chi connectivity index (χ1v) is 8.30. The summed E-state index contributed by atoms with van der Waals surface area (Å²) in [5, 5.41) is 3.81. The molecular formula is C21H22N2O2. The van der Waals surface area contributed by atoms with Gasteiger partial charge in [0.05, 0.1) is 5.52 Å². The van der Waals surface area contributed by atoms with E-state index in [-0.39, 0.29) is 12.5 Å². The number of hydrogen-bond acceptors (Lipinski definition) is 3. The number of benzene rings is 2. The summed E-state index contributed by atoms with van der Waals surface area (Å²) >= 11 is 0. The van der Waals surface area contributed by atoms with Gasteiger partial charge in [-0.15, -0.1) is 0 Å². The van der Waals surface area contributed by atoms with Crippen LogP contribution in [-0.4, -0.2) is 17.5 Å². The number of fused-ring (bicyclic) bond motifs is 1. The molecule has 0 aliphatic heterocycles. The zero-order chi connectivity index (χ0) is 18.0. The van der Waals surface area contributed by atoms with E-state index >= 15 is 0 Å². The summed E-state index contributed by atoms with van der Waals surface area (Å²) in [6.45, 7) is 7.91. The molecule has 0 aliphatic carbocycles. The van der Waals surface area contributed by atoms with Crippen LogP contribution in [0.5, 0.6) is 5.75 Å². The molecule has 0 radical (unpaired) electrons. The number of amides is 1. The fourth-order valence-electron chi connectivity index (χ4n) is 2.94. The Labute approximate surface area is 147 Å². The minimum Gasteiger partial charge on any atom is -0.483 e. The lowest BCUT2D eigenvalue weighted by Crippen LogP contribution is -2.20. The van der Waals surface area contributed by atoms with Crippen molar-refractivity contribution in [2.24, 2.45) is 0 Å². The van der Waals surface area contributed by atoms with Gasteiger partial charge in [-0.3, -0.25) is 9.78 Å². The van der Waals surface area contributed by atoms with Crippen molar-refractivity contribution in [3.8, 4) is 5.75 Å². The van der Waals surface area contributed by atoms with Crippen LogP contribution in [-0.2, 0) is 4.79 Å². The molecule has 0 unspecified atom stereocenters. The van der Waals surface area contributed by atoms with Crippen molar-refractivity contribution in [3.05, 3.63) is 64.8 Å². The zero-order valence-corrected chi connectivity index (χ0v) is 15.0. The third-order valence-corrected chi connectivity index (χ3v) is 3.92. The van der Waals surface area contributed by atoms with Gasteiger partial charge in [0.2, 0.25) is 0 Å². The highest BCUT2D eigenvalue weighted by Gasteiger charge is 2.09. The van der Waals surface area contributed by atoms with E-state index in [9.17, 15) is 4.79 Å². The molecule has 3 aromatic rings. The average Bonchev–Trinajstić information content (AvgIpc) is 2.52. The summed E-state index contributed by atoms with van der Waals surface area (Å²) < 4.78 is 5.80. The summed E-state index contributed by atoms with van der Waals surface area (Å²) in [5.41, 5.74) is 5.88. The first kappa shape index (κ1) is 17.0. The van der Waals surface area contributed by atoms with Crippen LogP contribution < -0.4 is 10.1 Å². The Balaban J connectivity index is 1.76. The number of anilines is 1. The number of nitrogens with one attached hydrogen (secondary N) is 1. The van der Waals surface area contributed by atoms with Gasteiger partial charge < -0.3 is 10.1 Å². The maximum absolute atomic E-state index is 12.2. The van der Waals surface area contributed by atoms with Gasteiger partial charge >= 0.3 is 0 Å². The smallest absolute Gasteiger partial charge is 0.262 e. The molecule has 1 amide bonds. The molecule has 0 fully saturated rings. The molecule has 1 heterocycles. The number of carbonyl (C=O) groups excluding carboxylic acids is 1. The number of aromatic nitrogens is 1. The first-order chi connectivity index (χ1) is 11.9. The van der Waals surface area contributed by atoms with E-state index in [1.54, 1.807) is 0 Å². The van der Waals surface area contributed by atoms with Gasteiger partial charge in [-0.25, -0.2) is 0 Å². The van der Waals surface area contributed by atoms with Crippen molar-refractivity contribution in [2.45, 2.75) is 27.7 Å². The Morgan fingerprint density at radius 1 is 0.960 bits per heavy atom. The van der Waals surface area contributed by atoms with E-state index in [2.05, 4.69) is 16.4 Å². The van der Waals surface area contributed by atoms with Gasteiger partial charge in [-0.05, 0) is 63.1 Å². The number of hydrogen-bond donors (Lipinski definition) is 1. The lowest BCUT2D eigenvalue weighted by atomic mass is 10.1. The summed E-state index contributed by atoms with van der Waals surface area (Å²) in [6.07, 6.45) is 0. The van der Waals surface area contributed by atoms with Crippen LogP contribution in [0.25, 0.3) is 10.9 Å². The monoisotopic (exact) mass is 334 g/mol. The molecule has 0 bridgehead atoms. The van der Waals surface area contributed by atoms with Gasteiger partial charge in [-0.1, -0.05) is 17.7 Å². The standard InChI is InChI=1S/C21H22N2O2/c1-13-5-6-19-18(10-13)20(11-16(4)22-19)25-12-21(24)23-17-8-14(2)7-15(3)9-17/h5-11H,12H2,1-4H3,(H,23,24). The summed E-state index contributed by atoms with van der Waals surface area (Å²) in [4.78, 5) is 16.8. The molecule has 128 valence electrons. The second-order valence-corrected chi connectivity index (χ2v) is 6.50. The van der Waals surface area contributed by atoms with Crippen LogP contribution in [0.15, 0.2) is 42.5 Å². The molecule has 0 saturated carbocycles. The van der Waals surface area contributed by atoms with Crippen molar-refractivity contribution in [2.75, 3.05) is 11.9 Å². The predicted molar refractivity (Wildman–Crippen MR) is 101 cm³/mol. The number of rotatable bonds is 4. The van der Waals surface area contributed by atoms with Gasteiger partial charge in [0.25, 0.3) is 5.91 Å². The minimum absolute atomic E-state index is 0.0422. The van der Waals surface area contributed by atoms with E-state index in [1.165, 1.54) is 0 Å². The van der Waals surface area contributed by atoms with Crippen LogP contribution in [0, 0.1) is 27.7 Å². The van der Waals surface area contributed by atoms with Crippen LogP contribution in [0.3, 0.4) is 0 Å². The Hall–Kier alpha value is -2.88. The highest BCUT2D eigenvalue weighted by Crippen LogP contribution is 2.26. The summed E-state index contributed by atoms with van der Waals surface area (Å²) in [6, 6.07) is 13.8. The number of carbonyl (C=O) groups is 1. The normalized spacial score (nSPS) is 10.7. The molecule has 2 aromatic carbocycles. The quantitative estimate of drug-likeness (QED) is 0.765. The fourth-order valence-corrected chi connectivity index (χ4v) is 2.94. The van der Waals surface area contributed by atoms with Crippen LogP contribution in [0.1, 0.15) is 22.4 Å². The van der Waals surface area contributed by atoms with Crippen molar-refractivity contribution in [3.63, 3.8) is 0 Å². The number of nitrogens with zero attached hydrogens (tertiary/aromatic N) is 1. The first-order valence-electron chi connectivity index (χ1n) is 8.30. The van der Waals surface area contributed by atoms with Crippen LogP contribution in [0.4, 0.5) is 5.69 Å². The van der Waals surface area contributed by atoms with E-state index in [4.69, 9.17) is 4.74 Å². The number of ether oxygens (including phenoxy) is 1. The molecule has 0 saturated heterocycles. The lowest BCUT2D eigenvalue weighted by molar-refractivity contribution is -0.118. The highest BCUT2D eigenvalue weighted by atomic mass is 16.5. The lowest BCUT2D eigenvalue weighted by Gasteiger charge is -2.12. The van der Waals surface area contributed by atoms with Crippen molar-refractivity contribution < 1.29 is 9.53 Å². The second-order valence-electron chi connectivity index (χ2n) is 6.50. The molecule has 0 atom stereocenters. The van der Waals surface area contributed by atoms with Gasteiger partial charge in [0.1, 0.15) is 5.75 Å². The zero-order valence-electron chi connectivity index (χ0n) is 15.0. The molecule has 0 aliphatic rings. The topological polar surface area (TPSA) is 51.2 Å². The van der Waals surface area contributed by atoms with Crippen molar-refractivity contribution in [1.29, 1.82) is 0 Å². The molecule has 3 rings (SSSR count). The Bertz CT molecular complexity index is 928. The average molecular weight is 334 g/mol.